The average Bonchev–Trinajstić information content (AvgIpc) is 2.95. The van der Waals surface area contributed by atoms with Gasteiger partial charge in [0.25, 0.3) is 0 Å². The van der Waals surface area contributed by atoms with E-state index >= 15 is 0 Å². The fourth-order valence-corrected chi connectivity index (χ4v) is 4.85. The summed E-state index contributed by atoms with van der Waals surface area (Å²) >= 11 is 7.12. The maximum Gasteiger partial charge on any atom is 0.0891 e. The van der Waals surface area contributed by atoms with E-state index in [9.17, 15) is 0 Å². The Morgan fingerprint density at radius 2 is 2.00 bits per heavy atom. The summed E-state index contributed by atoms with van der Waals surface area (Å²) in [5.41, 5.74) is 10.6. The first-order valence-corrected chi connectivity index (χ1v) is 9.44. The van der Waals surface area contributed by atoms with Crippen molar-refractivity contribution in [3.8, 4) is 0 Å². The molecule has 1 saturated heterocycles. The number of thiocarbonyl (C=S) groups is 1. The Bertz CT molecular complexity index is 534. The fourth-order valence-electron chi connectivity index (χ4n) is 3.61. The van der Waals surface area contributed by atoms with Crippen molar-refractivity contribution in [2.75, 3.05) is 19.3 Å². The number of aryl methyl sites for hydroxylation is 2. The molecule has 0 bridgehead atoms. The van der Waals surface area contributed by atoms with Crippen molar-refractivity contribution in [3.63, 3.8) is 0 Å². The Balaban J connectivity index is 1.62. The van der Waals surface area contributed by atoms with Gasteiger partial charge in [-0.1, -0.05) is 30.4 Å². The third-order valence-electron chi connectivity index (χ3n) is 5.07. The summed E-state index contributed by atoms with van der Waals surface area (Å²) in [6.45, 7) is 3.25. The molecule has 1 aliphatic carbocycles. The van der Waals surface area contributed by atoms with Crippen LogP contribution >= 0.6 is 24.0 Å². The molecule has 0 atom stereocenters. The highest BCUT2D eigenvalue weighted by Gasteiger charge is 2.36. The van der Waals surface area contributed by atoms with Gasteiger partial charge in [0.05, 0.1) is 9.74 Å². The number of benzene rings is 1. The lowest BCUT2D eigenvalue weighted by Gasteiger charge is -2.40. The zero-order valence-corrected chi connectivity index (χ0v) is 14.4. The molecule has 0 radical (unpaired) electrons. The molecule has 1 aromatic carbocycles. The van der Waals surface area contributed by atoms with Crippen molar-refractivity contribution >= 4 is 29.0 Å². The molecule has 3 rings (SSSR count). The van der Waals surface area contributed by atoms with E-state index in [4.69, 9.17) is 18.0 Å². The lowest BCUT2D eigenvalue weighted by molar-refractivity contribution is 0.212. The van der Waals surface area contributed by atoms with Gasteiger partial charge in [-0.25, -0.2) is 0 Å². The van der Waals surface area contributed by atoms with Gasteiger partial charge < -0.3 is 5.73 Å². The van der Waals surface area contributed by atoms with Crippen LogP contribution in [-0.4, -0.2) is 34.0 Å². The number of hydrogen-bond acceptors (Lipinski definition) is 3. The standard InChI is InChI=1S/C17H24N2S2/c1-21-17(16(18)20)7-9-19(10-8-17)12-13-5-6-14-3-2-4-15(14)11-13/h5-6,11H,2-4,7-10,12H2,1H3,(H2,18,20). The van der Waals surface area contributed by atoms with Crippen LogP contribution in [0.25, 0.3) is 0 Å². The van der Waals surface area contributed by atoms with E-state index in [1.165, 1.54) is 24.8 Å². The van der Waals surface area contributed by atoms with Gasteiger partial charge in [0, 0.05) is 19.6 Å². The lowest BCUT2D eigenvalue weighted by Crippen LogP contribution is -2.48. The molecule has 0 amide bonds. The Morgan fingerprint density at radius 1 is 1.29 bits per heavy atom. The molecule has 0 saturated carbocycles. The molecule has 4 heteroatoms. The molecule has 2 N–H and O–H groups in total. The minimum absolute atomic E-state index is 0.0315. The minimum Gasteiger partial charge on any atom is -0.392 e. The largest absolute Gasteiger partial charge is 0.392 e. The second-order valence-electron chi connectivity index (χ2n) is 6.30. The van der Waals surface area contributed by atoms with E-state index < -0.39 is 0 Å². The number of fused-ring (bicyclic) bond motifs is 1. The van der Waals surface area contributed by atoms with Crippen molar-refractivity contribution in [2.45, 2.75) is 43.4 Å². The summed E-state index contributed by atoms with van der Waals surface area (Å²) < 4.78 is 0.0315. The van der Waals surface area contributed by atoms with Gasteiger partial charge in [-0.05, 0) is 55.1 Å². The summed E-state index contributed by atoms with van der Waals surface area (Å²) in [7, 11) is 0. The highest BCUT2D eigenvalue weighted by molar-refractivity contribution is 8.02. The number of rotatable bonds is 4. The third kappa shape index (κ3) is 3.13. The number of thioether (sulfide) groups is 1. The average molecular weight is 321 g/mol. The number of nitrogens with zero attached hydrogens (tertiary/aromatic N) is 1. The highest BCUT2D eigenvalue weighted by atomic mass is 32.2. The maximum absolute atomic E-state index is 5.96. The van der Waals surface area contributed by atoms with Crippen LogP contribution in [0.4, 0.5) is 0 Å². The van der Waals surface area contributed by atoms with Crippen LogP contribution in [0.2, 0.25) is 0 Å². The van der Waals surface area contributed by atoms with Gasteiger partial charge in [0.1, 0.15) is 0 Å². The van der Waals surface area contributed by atoms with Gasteiger partial charge in [0.2, 0.25) is 0 Å². The second-order valence-corrected chi connectivity index (χ2v) is 7.92. The van der Waals surface area contributed by atoms with E-state index in [0.717, 1.165) is 32.5 Å². The van der Waals surface area contributed by atoms with E-state index in [-0.39, 0.29) is 4.75 Å². The van der Waals surface area contributed by atoms with Gasteiger partial charge in [-0.15, -0.1) is 0 Å². The van der Waals surface area contributed by atoms with Crippen molar-refractivity contribution in [2.24, 2.45) is 5.73 Å². The summed E-state index contributed by atoms with van der Waals surface area (Å²) in [5, 5.41) is 0. The molecule has 1 heterocycles. The van der Waals surface area contributed by atoms with Gasteiger partial charge >= 0.3 is 0 Å². The Kier molecular flexibility index (Phi) is 4.57. The normalized spacial score (nSPS) is 21.2. The zero-order chi connectivity index (χ0) is 14.9. The van der Waals surface area contributed by atoms with Crippen molar-refractivity contribution in [3.05, 3.63) is 34.9 Å². The van der Waals surface area contributed by atoms with E-state index in [1.54, 1.807) is 11.1 Å². The molecule has 0 spiro atoms. The molecule has 21 heavy (non-hydrogen) atoms. The Labute approximate surface area is 137 Å². The monoisotopic (exact) mass is 320 g/mol. The lowest BCUT2D eigenvalue weighted by atomic mass is 9.95. The van der Waals surface area contributed by atoms with Crippen molar-refractivity contribution in [1.29, 1.82) is 0 Å². The second kappa shape index (κ2) is 6.27. The first-order valence-electron chi connectivity index (χ1n) is 7.81. The summed E-state index contributed by atoms with van der Waals surface area (Å²) in [6, 6.07) is 7.07. The zero-order valence-electron chi connectivity index (χ0n) is 12.7. The van der Waals surface area contributed by atoms with E-state index in [0.29, 0.717) is 4.99 Å². The molecule has 1 fully saturated rings. The van der Waals surface area contributed by atoms with Crippen LogP contribution < -0.4 is 5.73 Å². The van der Waals surface area contributed by atoms with Crippen LogP contribution in [0.15, 0.2) is 18.2 Å². The molecular weight excluding hydrogens is 296 g/mol. The quantitative estimate of drug-likeness (QED) is 0.863. The maximum atomic E-state index is 5.96. The van der Waals surface area contributed by atoms with Gasteiger partial charge in [-0.3, -0.25) is 4.90 Å². The number of hydrogen-bond donors (Lipinski definition) is 1. The number of piperidine rings is 1. The fraction of sp³-hybridized carbons (Fsp3) is 0.588. The molecule has 0 aromatic heterocycles. The Hall–Kier alpha value is -0.580. The molecular formula is C17H24N2S2. The molecule has 0 unspecified atom stereocenters. The predicted octanol–water partition coefficient (Wildman–Crippen LogP) is 3.16. The Morgan fingerprint density at radius 3 is 2.67 bits per heavy atom. The molecule has 114 valence electrons. The van der Waals surface area contributed by atoms with Crippen LogP contribution in [0.5, 0.6) is 0 Å². The van der Waals surface area contributed by atoms with Crippen LogP contribution in [0.1, 0.15) is 36.0 Å². The van der Waals surface area contributed by atoms with Crippen LogP contribution in [0.3, 0.4) is 0 Å². The summed E-state index contributed by atoms with van der Waals surface area (Å²) in [5.74, 6) is 0. The van der Waals surface area contributed by atoms with Crippen LogP contribution in [-0.2, 0) is 19.4 Å². The van der Waals surface area contributed by atoms with Crippen LogP contribution in [0, 0.1) is 0 Å². The topological polar surface area (TPSA) is 29.3 Å². The minimum atomic E-state index is 0.0315. The smallest absolute Gasteiger partial charge is 0.0891 e. The molecule has 2 aliphatic rings. The van der Waals surface area contributed by atoms with E-state index in [2.05, 4.69) is 29.4 Å². The first kappa shape index (κ1) is 15.3. The van der Waals surface area contributed by atoms with Crippen molar-refractivity contribution < 1.29 is 0 Å². The molecule has 1 aromatic rings. The SMILES string of the molecule is CSC1(C(N)=S)CCN(Cc2ccc3c(c2)CCC3)CC1. The summed E-state index contributed by atoms with van der Waals surface area (Å²) in [6.07, 6.45) is 8.15. The highest BCUT2D eigenvalue weighted by Crippen LogP contribution is 2.35. The molecule has 2 nitrogen and oxygen atoms in total. The number of likely N-dealkylation sites (tertiary alicyclic amines) is 1. The molecule has 1 aliphatic heterocycles. The van der Waals surface area contributed by atoms with Crippen molar-refractivity contribution in [1.82, 2.24) is 4.90 Å². The van der Waals surface area contributed by atoms with Gasteiger partial charge in [0.15, 0.2) is 0 Å². The number of nitrogens with two attached hydrogens (primary N) is 1. The third-order valence-corrected chi connectivity index (χ3v) is 7.00. The first-order chi connectivity index (χ1) is 10.1. The predicted molar refractivity (Wildman–Crippen MR) is 96.0 cm³/mol. The summed E-state index contributed by atoms with van der Waals surface area (Å²) in [4.78, 5) is 3.23. The van der Waals surface area contributed by atoms with Gasteiger partial charge in [-0.2, -0.15) is 11.8 Å². The van der Waals surface area contributed by atoms with E-state index in [1.807, 2.05) is 11.8 Å².